The highest BCUT2D eigenvalue weighted by Crippen LogP contribution is 2.32. The lowest BCUT2D eigenvalue weighted by Crippen LogP contribution is -2.42. The molecule has 4 rings (SSSR count). The smallest absolute Gasteiger partial charge is 0.236 e. The van der Waals surface area contributed by atoms with Crippen LogP contribution in [0.2, 0.25) is 0 Å². The highest BCUT2D eigenvalue weighted by atomic mass is 19.1. The zero-order chi connectivity index (χ0) is 26.3. The van der Waals surface area contributed by atoms with Gasteiger partial charge in [-0.15, -0.1) is 0 Å². The maximum absolute atomic E-state index is 14.8. The van der Waals surface area contributed by atoms with Crippen molar-refractivity contribution in [1.29, 1.82) is 5.26 Å². The number of ether oxygens (including phenoxy) is 2. The summed E-state index contributed by atoms with van der Waals surface area (Å²) in [5.41, 5.74) is 0.233. The predicted octanol–water partition coefficient (Wildman–Crippen LogP) is 4.50. The summed E-state index contributed by atoms with van der Waals surface area (Å²) in [5, 5.41) is 19.7. The summed E-state index contributed by atoms with van der Waals surface area (Å²) in [6, 6.07) is 6.55. The van der Waals surface area contributed by atoms with Crippen LogP contribution in [0, 0.1) is 28.5 Å². The number of halogens is 2. The van der Waals surface area contributed by atoms with Crippen molar-refractivity contribution in [1.82, 2.24) is 15.3 Å². The SMILES string of the molecule is COC[C@@H](C)N[C@H]1CC[C@H](Nc2cc(-c3cnc(F)c(NCC4(C#N)CCOCC4)c3)c(F)cn2)CC1. The first kappa shape index (κ1) is 27.2. The van der Waals surface area contributed by atoms with E-state index < -0.39 is 17.2 Å². The van der Waals surface area contributed by atoms with Gasteiger partial charge >= 0.3 is 0 Å². The lowest BCUT2D eigenvalue weighted by Gasteiger charge is -2.32. The number of nitriles is 1. The van der Waals surface area contributed by atoms with Gasteiger partial charge < -0.3 is 25.4 Å². The van der Waals surface area contributed by atoms with Crippen LogP contribution in [-0.4, -0.2) is 61.6 Å². The third-order valence-electron chi connectivity index (χ3n) is 7.33. The third-order valence-corrected chi connectivity index (χ3v) is 7.33. The van der Waals surface area contributed by atoms with Crippen molar-refractivity contribution in [2.75, 3.05) is 44.1 Å². The highest BCUT2D eigenvalue weighted by Gasteiger charge is 2.33. The number of methoxy groups -OCH3 is 1. The molecule has 8 nitrogen and oxygen atoms in total. The molecule has 3 heterocycles. The molecule has 1 saturated carbocycles. The Kier molecular flexibility index (Phi) is 9.24. The lowest BCUT2D eigenvalue weighted by molar-refractivity contribution is 0.0456. The number of nitrogens with one attached hydrogen (secondary N) is 3. The third kappa shape index (κ3) is 7.12. The fraction of sp³-hybridized carbons (Fsp3) is 0.593. The van der Waals surface area contributed by atoms with E-state index in [2.05, 4.69) is 38.9 Å². The first-order valence-corrected chi connectivity index (χ1v) is 13.0. The van der Waals surface area contributed by atoms with E-state index in [9.17, 15) is 14.0 Å². The Labute approximate surface area is 217 Å². The second-order valence-electron chi connectivity index (χ2n) is 10.2. The second-order valence-corrected chi connectivity index (χ2v) is 10.2. The molecule has 0 spiro atoms. The topological polar surface area (TPSA) is 104 Å². The molecule has 37 heavy (non-hydrogen) atoms. The van der Waals surface area contributed by atoms with E-state index in [1.165, 1.54) is 18.5 Å². The first-order valence-electron chi connectivity index (χ1n) is 13.0. The van der Waals surface area contributed by atoms with Crippen LogP contribution < -0.4 is 16.0 Å². The van der Waals surface area contributed by atoms with Crippen molar-refractivity contribution in [3.63, 3.8) is 0 Å². The Morgan fingerprint density at radius 3 is 2.57 bits per heavy atom. The molecule has 0 unspecified atom stereocenters. The Hall–Kier alpha value is -2.87. The van der Waals surface area contributed by atoms with Crippen LogP contribution >= 0.6 is 0 Å². The number of pyridine rings is 2. The van der Waals surface area contributed by atoms with E-state index in [-0.39, 0.29) is 23.8 Å². The summed E-state index contributed by atoms with van der Waals surface area (Å²) >= 11 is 0. The van der Waals surface area contributed by atoms with Crippen molar-refractivity contribution >= 4 is 11.5 Å². The summed E-state index contributed by atoms with van der Waals surface area (Å²) < 4.78 is 39.9. The molecule has 0 radical (unpaired) electrons. The van der Waals surface area contributed by atoms with Gasteiger partial charge in [0.25, 0.3) is 0 Å². The first-order chi connectivity index (χ1) is 17.9. The molecule has 1 saturated heterocycles. The van der Waals surface area contributed by atoms with Gasteiger partial charge in [-0.2, -0.15) is 9.65 Å². The fourth-order valence-corrected chi connectivity index (χ4v) is 5.13. The zero-order valence-corrected chi connectivity index (χ0v) is 21.5. The van der Waals surface area contributed by atoms with Gasteiger partial charge in [0, 0.05) is 62.3 Å². The van der Waals surface area contributed by atoms with E-state index >= 15 is 0 Å². The Morgan fingerprint density at radius 1 is 1.14 bits per heavy atom. The van der Waals surface area contributed by atoms with Crippen molar-refractivity contribution in [3.8, 4) is 17.2 Å². The minimum Gasteiger partial charge on any atom is -0.383 e. The maximum atomic E-state index is 14.8. The van der Waals surface area contributed by atoms with Crippen LogP contribution in [0.3, 0.4) is 0 Å². The van der Waals surface area contributed by atoms with E-state index in [1.807, 2.05) is 0 Å². The minimum absolute atomic E-state index is 0.137. The Balaban J connectivity index is 1.41. The van der Waals surface area contributed by atoms with Crippen molar-refractivity contribution in [3.05, 3.63) is 36.3 Å². The van der Waals surface area contributed by atoms with E-state index in [4.69, 9.17) is 9.47 Å². The van der Waals surface area contributed by atoms with Gasteiger partial charge in [-0.05, 0) is 57.6 Å². The maximum Gasteiger partial charge on any atom is 0.236 e. The molecule has 3 N–H and O–H groups in total. The van der Waals surface area contributed by atoms with Crippen LogP contribution in [-0.2, 0) is 9.47 Å². The number of hydrogen-bond acceptors (Lipinski definition) is 8. The van der Waals surface area contributed by atoms with Crippen molar-refractivity contribution < 1.29 is 18.3 Å². The minimum atomic E-state index is -0.693. The normalized spacial score (nSPS) is 22.1. The van der Waals surface area contributed by atoms with Gasteiger partial charge in [-0.3, -0.25) is 0 Å². The number of aromatic nitrogens is 2. The lowest BCUT2D eigenvalue weighted by atomic mass is 9.81. The van der Waals surface area contributed by atoms with Gasteiger partial charge in [0.05, 0.1) is 30.0 Å². The molecule has 2 aromatic rings. The fourth-order valence-electron chi connectivity index (χ4n) is 5.13. The monoisotopic (exact) mass is 514 g/mol. The van der Waals surface area contributed by atoms with Crippen molar-refractivity contribution in [2.45, 2.75) is 63.6 Å². The van der Waals surface area contributed by atoms with Gasteiger partial charge in [0.2, 0.25) is 5.95 Å². The Morgan fingerprint density at radius 2 is 1.86 bits per heavy atom. The molecular weight excluding hydrogens is 478 g/mol. The van der Waals surface area contributed by atoms with Crippen LogP contribution in [0.4, 0.5) is 20.3 Å². The molecule has 0 aromatic carbocycles. The molecule has 200 valence electrons. The molecule has 1 atom stereocenters. The number of hydrogen-bond donors (Lipinski definition) is 3. The zero-order valence-electron chi connectivity index (χ0n) is 21.5. The molecule has 1 aliphatic heterocycles. The van der Waals surface area contributed by atoms with Crippen LogP contribution in [0.25, 0.3) is 11.1 Å². The quantitative estimate of drug-likeness (QED) is 0.398. The highest BCUT2D eigenvalue weighted by molar-refractivity contribution is 5.69. The van der Waals surface area contributed by atoms with Gasteiger partial charge in [0.15, 0.2) is 0 Å². The van der Waals surface area contributed by atoms with E-state index in [1.54, 1.807) is 13.2 Å². The molecule has 0 bridgehead atoms. The van der Waals surface area contributed by atoms with Gasteiger partial charge in [0.1, 0.15) is 11.6 Å². The number of nitrogens with zero attached hydrogens (tertiary/aromatic N) is 3. The van der Waals surface area contributed by atoms with E-state index in [0.717, 1.165) is 25.7 Å². The standard InChI is InChI=1S/C27H36F2N6O2/c1-18(15-36-2)34-20-3-5-21(6-4-20)35-25-12-22(23(28)14-31-25)19-11-24(26(29)32-13-19)33-17-27(16-30)7-9-37-10-8-27/h11-14,18,20-21,33-34H,3-10,15,17H2,1-2H3,(H,31,35)/t18-,20-,21-/m1/s1. The number of rotatable bonds is 10. The van der Waals surface area contributed by atoms with Crippen LogP contribution in [0.15, 0.2) is 24.5 Å². The summed E-state index contributed by atoms with van der Waals surface area (Å²) in [7, 11) is 1.71. The summed E-state index contributed by atoms with van der Waals surface area (Å²) in [6.45, 7) is 4.07. The second kappa shape index (κ2) is 12.6. The van der Waals surface area contributed by atoms with Gasteiger partial charge in [-0.1, -0.05) is 0 Å². The van der Waals surface area contributed by atoms with Crippen molar-refractivity contribution in [2.24, 2.45) is 5.41 Å². The van der Waals surface area contributed by atoms with Crippen LogP contribution in [0.5, 0.6) is 0 Å². The number of anilines is 2. The largest absolute Gasteiger partial charge is 0.383 e. The summed E-state index contributed by atoms with van der Waals surface area (Å²) in [5.74, 6) is -0.630. The van der Waals surface area contributed by atoms with E-state index in [0.29, 0.717) is 56.1 Å². The summed E-state index contributed by atoms with van der Waals surface area (Å²) in [6.07, 6.45) is 7.66. The average molecular weight is 515 g/mol. The molecule has 2 aromatic heterocycles. The molecule has 2 fully saturated rings. The molecular formula is C27H36F2N6O2. The molecule has 10 heteroatoms. The molecule has 0 amide bonds. The van der Waals surface area contributed by atoms with Crippen LogP contribution in [0.1, 0.15) is 45.4 Å². The molecule has 2 aliphatic rings. The Bertz CT molecular complexity index is 1080. The predicted molar refractivity (Wildman–Crippen MR) is 138 cm³/mol. The molecule has 1 aliphatic carbocycles. The average Bonchev–Trinajstić information content (AvgIpc) is 2.91. The summed E-state index contributed by atoms with van der Waals surface area (Å²) in [4.78, 5) is 8.07. The van der Waals surface area contributed by atoms with Gasteiger partial charge in [-0.25, -0.2) is 14.4 Å².